The number of ether oxygens (including phenoxy) is 1. The Kier molecular flexibility index (Phi) is 8.65. The van der Waals surface area contributed by atoms with Crippen molar-refractivity contribution in [1.29, 1.82) is 0 Å². The van der Waals surface area contributed by atoms with Gasteiger partial charge in [-0.3, -0.25) is 9.59 Å². The Morgan fingerprint density at radius 3 is 2.68 bits per heavy atom. The summed E-state index contributed by atoms with van der Waals surface area (Å²) in [6.07, 6.45) is 3.53. The lowest BCUT2D eigenvalue weighted by molar-refractivity contribution is -0.120. The van der Waals surface area contributed by atoms with E-state index in [2.05, 4.69) is 22.8 Å². The lowest BCUT2D eigenvalue weighted by Crippen LogP contribution is -2.29. The van der Waals surface area contributed by atoms with Crippen LogP contribution in [-0.2, 0) is 4.79 Å². The van der Waals surface area contributed by atoms with Gasteiger partial charge in [0.1, 0.15) is 11.6 Å². The van der Waals surface area contributed by atoms with Crippen LogP contribution in [0.1, 0.15) is 42.1 Å². The second kappa shape index (κ2) is 11.5. The van der Waals surface area contributed by atoms with Crippen molar-refractivity contribution in [2.45, 2.75) is 26.2 Å². The molecule has 0 radical (unpaired) electrons. The number of hydrogen-bond acceptors (Lipinski definition) is 4. The molecule has 2 N–H and O–H groups in total. The zero-order valence-corrected chi connectivity index (χ0v) is 15.8. The molecular weight excluding hydrogens is 361 g/mol. The zero-order valence-electron chi connectivity index (χ0n) is 15.8. The molecule has 148 valence electrons. The number of hydrogen-bond donors (Lipinski definition) is 2. The normalized spacial score (nSPS) is 10.6. The number of nitrogens with zero attached hydrogens (tertiary/aromatic N) is 1. The number of nitrogens with one attached hydrogen (secondary N) is 2. The summed E-state index contributed by atoms with van der Waals surface area (Å²) < 4.78 is 19.2. The smallest absolute Gasteiger partial charge is 0.254 e. The van der Waals surface area contributed by atoms with Gasteiger partial charge < -0.3 is 10.1 Å². The van der Waals surface area contributed by atoms with Gasteiger partial charge in [0.05, 0.1) is 18.4 Å². The van der Waals surface area contributed by atoms with Crippen molar-refractivity contribution in [1.82, 2.24) is 10.7 Å². The van der Waals surface area contributed by atoms with Gasteiger partial charge >= 0.3 is 0 Å². The van der Waals surface area contributed by atoms with Gasteiger partial charge in [-0.05, 0) is 30.7 Å². The zero-order chi connectivity index (χ0) is 20.2. The molecule has 2 aromatic rings. The van der Waals surface area contributed by atoms with Crippen LogP contribution in [0.3, 0.4) is 0 Å². The third-order valence-corrected chi connectivity index (χ3v) is 3.82. The molecule has 0 aliphatic carbocycles. The van der Waals surface area contributed by atoms with Crippen molar-refractivity contribution in [3.63, 3.8) is 0 Å². The number of benzene rings is 2. The topological polar surface area (TPSA) is 79.8 Å². The first-order valence-electron chi connectivity index (χ1n) is 9.18. The SMILES string of the molecule is CCCCOc1ccccc1C=NNC(=O)CCNC(=O)c1ccccc1F. The van der Waals surface area contributed by atoms with Crippen LogP contribution in [-0.4, -0.2) is 31.2 Å². The van der Waals surface area contributed by atoms with Crippen molar-refractivity contribution in [3.8, 4) is 5.75 Å². The van der Waals surface area contributed by atoms with Gasteiger partial charge in [0, 0.05) is 18.5 Å². The number of unbranched alkanes of at least 4 members (excludes halogenated alkanes) is 1. The summed E-state index contributed by atoms with van der Waals surface area (Å²) in [4.78, 5) is 23.7. The molecular formula is C21H24FN3O3. The summed E-state index contributed by atoms with van der Waals surface area (Å²) in [5, 5.41) is 6.43. The fraction of sp³-hybridized carbons (Fsp3) is 0.286. The standard InChI is InChI=1S/C21H24FN3O3/c1-2-3-14-28-19-11-7-4-8-16(19)15-24-25-20(26)12-13-23-21(27)17-9-5-6-10-18(17)22/h4-11,15H,2-3,12-14H2,1H3,(H,23,27)(H,25,26). The molecule has 0 saturated heterocycles. The van der Waals surface area contributed by atoms with Crippen LogP contribution < -0.4 is 15.5 Å². The predicted molar refractivity (Wildman–Crippen MR) is 106 cm³/mol. The summed E-state index contributed by atoms with van der Waals surface area (Å²) in [5.74, 6) is -0.831. The molecule has 0 unspecified atom stereocenters. The lowest BCUT2D eigenvalue weighted by atomic mass is 10.2. The quantitative estimate of drug-likeness (QED) is 0.374. The van der Waals surface area contributed by atoms with Gasteiger partial charge in [0.15, 0.2) is 0 Å². The number of para-hydroxylation sites is 1. The maximum absolute atomic E-state index is 13.5. The highest BCUT2D eigenvalue weighted by Gasteiger charge is 2.10. The Hall–Kier alpha value is -3.22. The molecule has 0 aromatic heterocycles. The Balaban J connectivity index is 1.77. The number of rotatable bonds is 10. The van der Waals surface area contributed by atoms with Gasteiger partial charge in [0.25, 0.3) is 5.91 Å². The third-order valence-electron chi connectivity index (χ3n) is 3.82. The van der Waals surface area contributed by atoms with Crippen molar-refractivity contribution in [2.75, 3.05) is 13.2 Å². The monoisotopic (exact) mass is 385 g/mol. The molecule has 0 bridgehead atoms. The Labute approximate surface area is 163 Å². The van der Waals surface area contributed by atoms with Crippen LogP contribution in [0.5, 0.6) is 5.75 Å². The summed E-state index contributed by atoms with van der Waals surface area (Å²) >= 11 is 0. The highest BCUT2D eigenvalue weighted by atomic mass is 19.1. The second-order valence-electron chi connectivity index (χ2n) is 6.02. The van der Waals surface area contributed by atoms with E-state index in [1.807, 2.05) is 24.3 Å². The molecule has 2 rings (SSSR count). The minimum Gasteiger partial charge on any atom is -0.493 e. The first kappa shape index (κ1) is 21.1. The minimum atomic E-state index is -0.603. The first-order chi connectivity index (χ1) is 13.6. The highest BCUT2D eigenvalue weighted by Crippen LogP contribution is 2.16. The number of halogens is 1. The largest absolute Gasteiger partial charge is 0.493 e. The number of carbonyl (C=O) groups is 2. The Morgan fingerprint density at radius 1 is 1.14 bits per heavy atom. The number of hydrazone groups is 1. The van der Waals surface area contributed by atoms with Gasteiger partial charge in [-0.15, -0.1) is 0 Å². The van der Waals surface area contributed by atoms with Crippen LogP contribution in [0.15, 0.2) is 53.6 Å². The molecule has 2 amide bonds. The first-order valence-corrected chi connectivity index (χ1v) is 9.18. The van der Waals surface area contributed by atoms with E-state index in [-0.39, 0.29) is 24.4 Å². The molecule has 0 aliphatic rings. The molecule has 28 heavy (non-hydrogen) atoms. The lowest BCUT2D eigenvalue weighted by Gasteiger charge is -2.08. The average Bonchev–Trinajstić information content (AvgIpc) is 2.69. The van der Waals surface area contributed by atoms with Crippen LogP contribution >= 0.6 is 0 Å². The fourth-order valence-electron chi connectivity index (χ4n) is 2.30. The molecule has 0 spiro atoms. The van der Waals surface area contributed by atoms with Gasteiger partial charge in [0.2, 0.25) is 5.91 Å². The molecule has 0 atom stereocenters. The van der Waals surface area contributed by atoms with Crippen LogP contribution in [0, 0.1) is 5.82 Å². The van der Waals surface area contributed by atoms with Crippen molar-refractivity contribution >= 4 is 18.0 Å². The van der Waals surface area contributed by atoms with Crippen LogP contribution in [0.25, 0.3) is 0 Å². The summed E-state index contributed by atoms with van der Waals surface area (Å²) in [5.41, 5.74) is 3.10. The van der Waals surface area contributed by atoms with E-state index in [4.69, 9.17) is 4.74 Å². The van der Waals surface area contributed by atoms with Crippen molar-refractivity contribution < 1.29 is 18.7 Å². The van der Waals surface area contributed by atoms with Crippen molar-refractivity contribution in [2.24, 2.45) is 5.10 Å². The maximum Gasteiger partial charge on any atom is 0.254 e. The van der Waals surface area contributed by atoms with E-state index in [0.717, 1.165) is 18.4 Å². The number of carbonyl (C=O) groups excluding carboxylic acids is 2. The molecule has 6 nitrogen and oxygen atoms in total. The fourth-order valence-corrected chi connectivity index (χ4v) is 2.30. The predicted octanol–water partition coefficient (Wildman–Crippen LogP) is 3.27. The highest BCUT2D eigenvalue weighted by molar-refractivity contribution is 5.94. The molecule has 0 heterocycles. The molecule has 2 aromatic carbocycles. The number of amides is 2. The van der Waals surface area contributed by atoms with E-state index in [0.29, 0.717) is 12.4 Å². The second-order valence-corrected chi connectivity index (χ2v) is 6.02. The Morgan fingerprint density at radius 2 is 1.89 bits per heavy atom. The van der Waals surface area contributed by atoms with Crippen molar-refractivity contribution in [3.05, 3.63) is 65.5 Å². The summed E-state index contributed by atoms with van der Waals surface area (Å²) in [6.45, 7) is 2.78. The van der Waals surface area contributed by atoms with Crippen LogP contribution in [0.2, 0.25) is 0 Å². The molecule has 7 heteroatoms. The van der Waals surface area contributed by atoms with Crippen LogP contribution in [0.4, 0.5) is 4.39 Å². The molecule has 0 aliphatic heterocycles. The average molecular weight is 385 g/mol. The van der Waals surface area contributed by atoms with E-state index < -0.39 is 11.7 Å². The molecule has 0 saturated carbocycles. The summed E-state index contributed by atoms with van der Waals surface area (Å²) in [6, 6.07) is 13.1. The van der Waals surface area contributed by atoms with Gasteiger partial charge in [-0.25, -0.2) is 9.82 Å². The van der Waals surface area contributed by atoms with Gasteiger partial charge in [-0.2, -0.15) is 5.10 Å². The minimum absolute atomic E-state index is 0.0200. The van der Waals surface area contributed by atoms with E-state index in [9.17, 15) is 14.0 Å². The van der Waals surface area contributed by atoms with E-state index >= 15 is 0 Å². The Bertz CT molecular complexity index is 824. The van der Waals surface area contributed by atoms with E-state index in [1.165, 1.54) is 24.4 Å². The maximum atomic E-state index is 13.5. The van der Waals surface area contributed by atoms with E-state index in [1.54, 1.807) is 6.07 Å². The third kappa shape index (κ3) is 6.83. The summed E-state index contributed by atoms with van der Waals surface area (Å²) in [7, 11) is 0. The van der Waals surface area contributed by atoms with Gasteiger partial charge in [-0.1, -0.05) is 37.6 Å². The molecule has 0 fully saturated rings.